The van der Waals surface area contributed by atoms with Crippen LogP contribution >= 0.6 is 0 Å². The summed E-state index contributed by atoms with van der Waals surface area (Å²) in [6, 6.07) is 2.14. The molecule has 0 bridgehead atoms. The van der Waals surface area contributed by atoms with Crippen molar-refractivity contribution in [2.24, 2.45) is 0 Å². The van der Waals surface area contributed by atoms with Gasteiger partial charge in [-0.3, -0.25) is 4.98 Å². The Bertz CT molecular complexity index is 817. The van der Waals surface area contributed by atoms with E-state index < -0.39 is 11.7 Å². The molecular formula is C12H7F3N6. The van der Waals surface area contributed by atoms with Crippen LogP contribution in [0.4, 0.5) is 19.0 Å². The molecule has 6 nitrogen and oxygen atoms in total. The summed E-state index contributed by atoms with van der Waals surface area (Å²) in [6.07, 6.45) is -0.950. The molecule has 0 atom stereocenters. The molecule has 0 aromatic carbocycles. The molecule has 0 saturated heterocycles. The Morgan fingerprint density at radius 3 is 2.62 bits per heavy atom. The number of halogens is 3. The minimum absolute atomic E-state index is 0.0338. The third-order valence-corrected chi connectivity index (χ3v) is 2.73. The van der Waals surface area contributed by atoms with E-state index in [1.54, 1.807) is 0 Å². The Hall–Kier alpha value is -2.84. The summed E-state index contributed by atoms with van der Waals surface area (Å²) in [5.74, 6) is 0.108. The van der Waals surface area contributed by atoms with E-state index in [2.05, 4.69) is 24.9 Å². The quantitative estimate of drug-likeness (QED) is 0.738. The highest BCUT2D eigenvalue weighted by Gasteiger charge is 2.34. The molecule has 0 saturated carbocycles. The molecule has 3 rings (SSSR count). The summed E-state index contributed by atoms with van der Waals surface area (Å²) in [5, 5.41) is 0. The zero-order valence-electron chi connectivity index (χ0n) is 10.3. The molecule has 0 radical (unpaired) electrons. The molecule has 0 aliphatic heterocycles. The van der Waals surface area contributed by atoms with Crippen LogP contribution in [0, 0.1) is 0 Å². The zero-order valence-corrected chi connectivity index (χ0v) is 10.3. The molecule has 0 aliphatic rings. The normalized spacial score (nSPS) is 11.8. The molecule has 3 heterocycles. The van der Waals surface area contributed by atoms with Crippen molar-refractivity contribution in [3.63, 3.8) is 0 Å². The van der Waals surface area contributed by atoms with Gasteiger partial charge in [-0.05, 0) is 12.1 Å². The Morgan fingerprint density at radius 1 is 1.05 bits per heavy atom. The number of fused-ring (bicyclic) bond motifs is 1. The van der Waals surface area contributed by atoms with Gasteiger partial charge in [0.1, 0.15) is 23.2 Å². The van der Waals surface area contributed by atoms with Crippen molar-refractivity contribution in [3.8, 4) is 11.4 Å². The fourth-order valence-corrected chi connectivity index (χ4v) is 1.81. The minimum atomic E-state index is -4.54. The number of pyridine rings is 1. The first-order chi connectivity index (χ1) is 9.97. The molecule has 9 heteroatoms. The van der Waals surface area contributed by atoms with Gasteiger partial charge >= 0.3 is 6.18 Å². The number of rotatable bonds is 1. The number of anilines is 1. The molecule has 3 aromatic rings. The number of hydrogen-bond acceptors (Lipinski definition) is 6. The van der Waals surface area contributed by atoms with Crippen molar-refractivity contribution < 1.29 is 13.2 Å². The SMILES string of the molecule is Nc1ncnc2nc(-c3ncccc3C(F)(F)F)cnc12. The standard InChI is InChI=1S/C12H7F3N6/c13-12(14,15)6-2-1-3-17-8(6)7-4-18-9-10(16)19-5-20-11(9)21-7/h1-5H,(H2,16,19,20,21). The van der Waals surface area contributed by atoms with Gasteiger partial charge in [-0.2, -0.15) is 13.2 Å². The molecular weight excluding hydrogens is 285 g/mol. The maximum atomic E-state index is 13.0. The van der Waals surface area contributed by atoms with Crippen molar-refractivity contribution in [2.75, 3.05) is 5.73 Å². The summed E-state index contributed by atoms with van der Waals surface area (Å²) < 4.78 is 38.9. The molecule has 0 spiro atoms. The Kier molecular flexibility index (Phi) is 2.89. The molecule has 3 aromatic heterocycles. The van der Waals surface area contributed by atoms with Gasteiger partial charge < -0.3 is 5.73 Å². The number of aromatic nitrogens is 5. The summed E-state index contributed by atoms with van der Waals surface area (Å²) in [5.41, 5.74) is 4.70. The molecule has 21 heavy (non-hydrogen) atoms. The predicted octanol–water partition coefficient (Wildman–Crippen LogP) is 2.08. The summed E-state index contributed by atoms with van der Waals surface area (Å²) in [6.45, 7) is 0. The predicted molar refractivity (Wildman–Crippen MR) is 67.8 cm³/mol. The zero-order chi connectivity index (χ0) is 15.0. The van der Waals surface area contributed by atoms with Crippen LogP contribution in [0.25, 0.3) is 22.6 Å². The lowest BCUT2D eigenvalue weighted by Gasteiger charge is -2.11. The van der Waals surface area contributed by atoms with E-state index >= 15 is 0 Å². The Morgan fingerprint density at radius 2 is 1.86 bits per heavy atom. The second kappa shape index (κ2) is 4.62. The Balaban J connectivity index is 2.22. The van der Waals surface area contributed by atoms with E-state index in [9.17, 15) is 13.2 Å². The van der Waals surface area contributed by atoms with E-state index in [0.717, 1.165) is 6.07 Å². The van der Waals surface area contributed by atoms with Crippen molar-refractivity contribution in [3.05, 3.63) is 36.4 Å². The van der Waals surface area contributed by atoms with E-state index in [1.807, 2.05) is 0 Å². The number of hydrogen-bond donors (Lipinski definition) is 1. The first kappa shape index (κ1) is 13.2. The van der Waals surface area contributed by atoms with Gasteiger partial charge in [-0.1, -0.05) is 0 Å². The third kappa shape index (κ3) is 2.33. The van der Waals surface area contributed by atoms with E-state index in [0.29, 0.717) is 0 Å². The van der Waals surface area contributed by atoms with Crippen molar-refractivity contribution in [2.45, 2.75) is 6.18 Å². The maximum Gasteiger partial charge on any atom is 0.418 e. The number of alkyl halides is 3. The number of nitrogens with two attached hydrogens (primary N) is 1. The molecule has 0 aliphatic carbocycles. The lowest BCUT2D eigenvalue weighted by Crippen LogP contribution is -2.09. The summed E-state index contributed by atoms with van der Waals surface area (Å²) >= 11 is 0. The van der Waals surface area contributed by atoms with E-state index in [4.69, 9.17) is 5.73 Å². The van der Waals surface area contributed by atoms with Crippen LogP contribution in [0.15, 0.2) is 30.9 Å². The highest BCUT2D eigenvalue weighted by atomic mass is 19.4. The van der Waals surface area contributed by atoms with Crippen LogP contribution in [0.3, 0.4) is 0 Å². The van der Waals surface area contributed by atoms with Crippen molar-refractivity contribution >= 4 is 17.0 Å². The highest BCUT2D eigenvalue weighted by molar-refractivity contribution is 5.81. The van der Waals surface area contributed by atoms with Crippen LogP contribution < -0.4 is 5.73 Å². The molecule has 0 unspecified atom stereocenters. The van der Waals surface area contributed by atoms with Gasteiger partial charge in [0.25, 0.3) is 0 Å². The Labute approximate surface area is 115 Å². The topological polar surface area (TPSA) is 90.5 Å². The van der Waals surface area contributed by atoms with E-state index in [1.165, 1.54) is 24.8 Å². The van der Waals surface area contributed by atoms with Gasteiger partial charge in [-0.25, -0.2) is 19.9 Å². The first-order valence-corrected chi connectivity index (χ1v) is 5.72. The molecule has 0 fully saturated rings. The molecule has 106 valence electrons. The molecule has 2 N–H and O–H groups in total. The van der Waals surface area contributed by atoms with Gasteiger partial charge in [0.05, 0.1) is 11.8 Å². The highest BCUT2D eigenvalue weighted by Crippen LogP contribution is 2.35. The van der Waals surface area contributed by atoms with Crippen LogP contribution in [0.1, 0.15) is 5.56 Å². The second-order valence-electron chi connectivity index (χ2n) is 4.08. The van der Waals surface area contributed by atoms with Crippen LogP contribution in [0.5, 0.6) is 0 Å². The smallest absolute Gasteiger partial charge is 0.382 e. The minimum Gasteiger partial charge on any atom is -0.382 e. The van der Waals surface area contributed by atoms with Crippen LogP contribution in [-0.2, 0) is 6.18 Å². The first-order valence-electron chi connectivity index (χ1n) is 5.72. The lowest BCUT2D eigenvalue weighted by molar-refractivity contribution is -0.137. The van der Waals surface area contributed by atoms with Gasteiger partial charge in [-0.15, -0.1) is 0 Å². The summed E-state index contributed by atoms with van der Waals surface area (Å²) in [7, 11) is 0. The number of nitrogens with zero attached hydrogens (tertiary/aromatic N) is 5. The van der Waals surface area contributed by atoms with Crippen molar-refractivity contribution in [1.82, 2.24) is 24.9 Å². The second-order valence-corrected chi connectivity index (χ2v) is 4.08. The maximum absolute atomic E-state index is 13.0. The average molecular weight is 292 g/mol. The van der Waals surface area contributed by atoms with Crippen LogP contribution in [0.2, 0.25) is 0 Å². The fourth-order valence-electron chi connectivity index (χ4n) is 1.81. The van der Waals surface area contributed by atoms with Gasteiger partial charge in [0, 0.05) is 6.20 Å². The summed E-state index contributed by atoms with van der Waals surface area (Å²) in [4.78, 5) is 19.3. The molecule has 0 amide bonds. The van der Waals surface area contributed by atoms with Gasteiger partial charge in [0.15, 0.2) is 11.5 Å². The van der Waals surface area contributed by atoms with Crippen LogP contribution in [-0.4, -0.2) is 24.9 Å². The van der Waals surface area contributed by atoms with Crippen molar-refractivity contribution in [1.29, 1.82) is 0 Å². The fraction of sp³-hybridized carbons (Fsp3) is 0.0833. The monoisotopic (exact) mass is 292 g/mol. The largest absolute Gasteiger partial charge is 0.418 e. The van der Waals surface area contributed by atoms with E-state index in [-0.39, 0.29) is 28.4 Å². The third-order valence-electron chi connectivity index (χ3n) is 2.73. The number of nitrogen functional groups attached to an aromatic ring is 1. The van der Waals surface area contributed by atoms with Gasteiger partial charge in [0.2, 0.25) is 0 Å². The average Bonchev–Trinajstić information content (AvgIpc) is 2.46. The lowest BCUT2D eigenvalue weighted by atomic mass is 10.1.